The number of pyridine rings is 1. The van der Waals surface area contributed by atoms with Crippen molar-refractivity contribution in [1.82, 2.24) is 15.0 Å². The van der Waals surface area contributed by atoms with Crippen molar-refractivity contribution in [2.24, 2.45) is 0 Å². The molecule has 0 unspecified atom stereocenters. The maximum Gasteiger partial charge on any atom is 0.416 e. The van der Waals surface area contributed by atoms with Crippen LogP contribution in [0.4, 0.5) is 18.9 Å². The molecule has 222 valence electrons. The lowest BCUT2D eigenvalue weighted by Gasteiger charge is -2.07. The summed E-state index contributed by atoms with van der Waals surface area (Å²) in [5.74, 6) is 0.772. The molecule has 0 fully saturated rings. The molecule has 1 N–H and O–H groups in total. The van der Waals surface area contributed by atoms with Crippen LogP contribution in [-0.4, -0.2) is 34.5 Å². The molecule has 0 aliphatic heterocycles. The number of carbonyl (C=O) groups is 1. The number of aromatic nitrogens is 3. The second-order valence-electron chi connectivity index (χ2n) is 8.26. The van der Waals surface area contributed by atoms with Crippen molar-refractivity contribution in [3.05, 3.63) is 120 Å². The number of rotatable bonds is 6. The van der Waals surface area contributed by atoms with Gasteiger partial charge < -0.3 is 10.1 Å². The van der Waals surface area contributed by atoms with E-state index in [2.05, 4.69) is 26.8 Å². The van der Waals surface area contributed by atoms with E-state index in [9.17, 15) is 18.0 Å². The van der Waals surface area contributed by atoms with Gasteiger partial charge in [-0.2, -0.15) is 13.2 Å². The number of alkyl halides is 3. The van der Waals surface area contributed by atoms with Gasteiger partial charge >= 0.3 is 12.2 Å². The van der Waals surface area contributed by atoms with Crippen LogP contribution in [0.3, 0.4) is 0 Å². The highest BCUT2D eigenvalue weighted by Crippen LogP contribution is 2.28. The van der Waals surface area contributed by atoms with E-state index in [1.807, 2.05) is 101 Å². The number of anilines is 1. The average molecular weight is 579 g/mol. The van der Waals surface area contributed by atoms with Gasteiger partial charge in [-0.15, -0.1) is 0 Å². The Balaban J connectivity index is 0.000000367. The molecular weight excluding hydrogens is 541 g/mol. The lowest BCUT2D eigenvalue weighted by atomic mass is 10.1. The van der Waals surface area contributed by atoms with Crippen molar-refractivity contribution in [3.8, 4) is 22.9 Å². The zero-order chi connectivity index (χ0) is 31.5. The van der Waals surface area contributed by atoms with Gasteiger partial charge in [0.05, 0.1) is 5.57 Å². The fourth-order valence-corrected chi connectivity index (χ4v) is 3.04. The summed E-state index contributed by atoms with van der Waals surface area (Å²) < 4.78 is 41.0. The van der Waals surface area contributed by atoms with Crippen molar-refractivity contribution in [3.63, 3.8) is 0 Å². The fourth-order valence-electron chi connectivity index (χ4n) is 3.04. The molecule has 0 radical (unpaired) electrons. The van der Waals surface area contributed by atoms with E-state index in [-0.39, 0.29) is 6.29 Å². The van der Waals surface area contributed by atoms with E-state index in [0.717, 1.165) is 39.9 Å². The maximum absolute atomic E-state index is 11.8. The normalized spacial score (nSPS) is 10.4. The van der Waals surface area contributed by atoms with Gasteiger partial charge in [-0.3, -0.25) is 9.78 Å². The number of halogens is 3. The highest BCUT2D eigenvalue weighted by atomic mass is 19.4. The Morgan fingerprint density at radius 2 is 1.48 bits per heavy atom. The third kappa shape index (κ3) is 12.2. The smallest absolute Gasteiger partial charge is 0.416 e. The molecule has 42 heavy (non-hydrogen) atoms. The van der Waals surface area contributed by atoms with Crippen molar-refractivity contribution in [2.45, 2.75) is 40.8 Å². The standard InChI is InChI=1S/C18H17N3O.C7H7F3O.C6H7N.C2H6/c1-13-5-3-4-6-17(13)22-18-20-11-15(12-21-18)14-7-9-16(19-2)10-8-14;1-3-6(4-11)5(2)7(8,9)10;1-6-4-2-3-5-7-6;1-2/h3-12,19H,1-2H3;3-4H,2H2,1H3;2-5H,1H3;1-2H3/b;6-3-;;. The number of benzene rings is 2. The lowest BCUT2D eigenvalue weighted by Crippen LogP contribution is -2.13. The van der Waals surface area contributed by atoms with E-state index in [1.54, 1.807) is 18.6 Å². The first-order valence-electron chi connectivity index (χ1n) is 13.2. The third-order valence-electron chi connectivity index (χ3n) is 5.37. The minimum atomic E-state index is -4.51. The molecule has 0 aliphatic rings. The van der Waals surface area contributed by atoms with Crippen LogP contribution in [-0.2, 0) is 4.79 Å². The van der Waals surface area contributed by atoms with Crippen LogP contribution in [0.2, 0.25) is 0 Å². The molecule has 0 amide bonds. The summed E-state index contributed by atoms with van der Waals surface area (Å²) in [4.78, 5) is 22.5. The molecule has 0 bridgehead atoms. The fraction of sp³-hybridized carbons (Fsp3) is 0.212. The molecule has 2 aromatic heterocycles. The minimum absolute atomic E-state index is 0.135. The van der Waals surface area contributed by atoms with E-state index < -0.39 is 17.3 Å². The number of nitrogens with zero attached hydrogens (tertiary/aromatic N) is 3. The Morgan fingerprint density at radius 3 is 1.88 bits per heavy atom. The molecular formula is C33H37F3N4O2. The molecule has 2 heterocycles. The van der Waals surface area contributed by atoms with Crippen molar-refractivity contribution < 1.29 is 22.7 Å². The van der Waals surface area contributed by atoms with Crippen molar-refractivity contribution in [1.29, 1.82) is 0 Å². The van der Waals surface area contributed by atoms with Crippen LogP contribution in [0.15, 0.2) is 109 Å². The van der Waals surface area contributed by atoms with E-state index in [1.165, 1.54) is 6.92 Å². The van der Waals surface area contributed by atoms with Crippen LogP contribution in [0.25, 0.3) is 11.1 Å². The molecule has 0 saturated heterocycles. The van der Waals surface area contributed by atoms with E-state index in [0.29, 0.717) is 6.01 Å². The third-order valence-corrected chi connectivity index (χ3v) is 5.37. The predicted octanol–water partition coefficient (Wildman–Crippen LogP) is 8.95. The Labute approximate surface area is 246 Å². The largest absolute Gasteiger partial charge is 0.424 e. The minimum Gasteiger partial charge on any atom is -0.424 e. The van der Waals surface area contributed by atoms with Crippen LogP contribution >= 0.6 is 0 Å². The van der Waals surface area contributed by atoms with Crippen LogP contribution in [0.5, 0.6) is 11.8 Å². The molecule has 4 rings (SSSR count). The Morgan fingerprint density at radius 1 is 0.881 bits per heavy atom. The zero-order valence-electron chi connectivity index (χ0n) is 24.7. The molecule has 4 aromatic rings. The van der Waals surface area contributed by atoms with Crippen molar-refractivity contribution in [2.75, 3.05) is 12.4 Å². The number of allylic oxidation sites excluding steroid dienone is 3. The predicted molar refractivity (Wildman–Crippen MR) is 164 cm³/mol. The topological polar surface area (TPSA) is 77.0 Å². The van der Waals surface area contributed by atoms with Gasteiger partial charge in [0.15, 0.2) is 0 Å². The molecule has 0 atom stereocenters. The number of para-hydroxylation sites is 1. The first kappa shape index (κ1) is 35.2. The zero-order valence-corrected chi connectivity index (χ0v) is 24.7. The summed E-state index contributed by atoms with van der Waals surface area (Å²) in [7, 11) is 1.90. The molecule has 9 heteroatoms. The highest BCUT2D eigenvalue weighted by Gasteiger charge is 2.33. The average Bonchev–Trinajstić information content (AvgIpc) is 3.01. The first-order chi connectivity index (χ1) is 20.1. The summed E-state index contributed by atoms with van der Waals surface area (Å²) in [6.07, 6.45) is 2.03. The van der Waals surface area contributed by atoms with Gasteiger partial charge in [0.1, 0.15) is 12.0 Å². The number of ether oxygens (including phenoxy) is 1. The van der Waals surface area contributed by atoms with Gasteiger partial charge in [-0.1, -0.05) is 62.9 Å². The number of hydrogen-bond donors (Lipinski definition) is 1. The van der Waals surface area contributed by atoms with Gasteiger partial charge in [0, 0.05) is 48.2 Å². The molecule has 0 spiro atoms. The Hall–Kier alpha value is -4.79. The molecule has 6 nitrogen and oxygen atoms in total. The molecule has 0 saturated carbocycles. The number of carbonyl (C=O) groups excluding carboxylic acids is 1. The van der Waals surface area contributed by atoms with Crippen LogP contribution in [0, 0.1) is 13.8 Å². The number of hydrogen-bond acceptors (Lipinski definition) is 6. The number of aryl methyl sites for hydroxylation is 2. The van der Waals surface area contributed by atoms with Crippen LogP contribution < -0.4 is 10.1 Å². The van der Waals surface area contributed by atoms with Gasteiger partial charge in [0.2, 0.25) is 0 Å². The summed E-state index contributed by atoms with van der Waals surface area (Å²) >= 11 is 0. The molecule has 0 aliphatic carbocycles. The first-order valence-corrected chi connectivity index (χ1v) is 13.2. The van der Waals surface area contributed by atoms with Crippen LogP contribution in [0.1, 0.15) is 32.0 Å². The summed E-state index contributed by atoms with van der Waals surface area (Å²) in [5.41, 5.74) is 3.71. The molecule has 2 aromatic carbocycles. The highest BCUT2D eigenvalue weighted by molar-refractivity contribution is 5.80. The van der Waals surface area contributed by atoms with Gasteiger partial charge in [-0.05, 0) is 62.2 Å². The van der Waals surface area contributed by atoms with Gasteiger partial charge in [-0.25, -0.2) is 9.97 Å². The SMILES string of the molecule is C=C(/C(C=O)=C\C)C(F)(F)F.CC.CNc1ccc(-c2cnc(Oc3ccccc3C)nc2)cc1.Cc1ccccn1. The quantitative estimate of drug-likeness (QED) is 0.140. The second-order valence-corrected chi connectivity index (χ2v) is 8.26. The van der Waals surface area contributed by atoms with Gasteiger partial charge in [0.25, 0.3) is 0 Å². The van der Waals surface area contributed by atoms with E-state index in [4.69, 9.17) is 4.74 Å². The summed E-state index contributed by atoms with van der Waals surface area (Å²) in [6, 6.07) is 22.1. The van der Waals surface area contributed by atoms with E-state index >= 15 is 0 Å². The Kier molecular flexibility index (Phi) is 15.6. The summed E-state index contributed by atoms with van der Waals surface area (Å²) in [6.45, 7) is 12.1. The second kappa shape index (κ2) is 18.5. The summed E-state index contributed by atoms with van der Waals surface area (Å²) in [5, 5.41) is 3.10. The lowest BCUT2D eigenvalue weighted by molar-refractivity contribution is -0.108. The van der Waals surface area contributed by atoms with Crippen molar-refractivity contribution >= 4 is 12.0 Å². The Bertz CT molecular complexity index is 1390. The maximum atomic E-state index is 11.8. The number of nitrogens with one attached hydrogen (secondary N) is 1. The monoisotopic (exact) mass is 578 g/mol. The number of aldehydes is 1.